The van der Waals surface area contributed by atoms with Gasteiger partial charge in [-0.1, -0.05) is 23.5 Å². The number of aromatic nitrogens is 1. The fourth-order valence-corrected chi connectivity index (χ4v) is 3.35. The van der Waals surface area contributed by atoms with Crippen LogP contribution in [0, 0.1) is 10.1 Å². The number of anilines is 1. The number of benzene rings is 2. The minimum absolute atomic E-state index is 0.0487. The molecule has 1 aromatic heterocycles. The molecule has 4 rings (SSSR count). The Balaban J connectivity index is 1.56. The number of nitro benzene ring substituents is 1. The lowest BCUT2D eigenvalue weighted by atomic mass is 10.3. The molecule has 8 heteroatoms. The molecular weight excluding hydrogens is 340 g/mol. The topological polar surface area (TPSA) is 80.9 Å². The third kappa shape index (κ3) is 2.83. The molecule has 1 aliphatic heterocycles. The molecule has 0 fully saturated rings. The highest BCUT2D eigenvalue weighted by molar-refractivity contribution is 7.22. The molecule has 3 aromatic rings. The van der Waals surface area contributed by atoms with Crippen LogP contribution in [-0.2, 0) is 0 Å². The molecule has 0 saturated heterocycles. The quantitative estimate of drug-likeness (QED) is 0.399. The Hall–Kier alpha value is -3.26. The third-order valence-corrected chi connectivity index (χ3v) is 4.67. The van der Waals surface area contributed by atoms with E-state index in [0.29, 0.717) is 16.5 Å². The summed E-state index contributed by atoms with van der Waals surface area (Å²) in [4.78, 5) is 21.0. The van der Waals surface area contributed by atoms with E-state index in [-0.39, 0.29) is 5.69 Å². The molecule has 124 valence electrons. The number of ether oxygens (including phenoxy) is 1. The summed E-state index contributed by atoms with van der Waals surface area (Å²) in [6.45, 7) is 0. The molecule has 0 N–H and O–H groups in total. The minimum atomic E-state index is -0.419. The van der Waals surface area contributed by atoms with Crippen LogP contribution in [0.25, 0.3) is 10.2 Å². The molecule has 1 aliphatic rings. The summed E-state index contributed by atoms with van der Waals surface area (Å²) in [5.74, 6) is 1.47. The summed E-state index contributed by atoms with van der Waals surface area (Å²) in [6, 6.07) is 12.3. The summed E-state index contributed by atoms with van der Waals surface area (Å²) in [5.41, 5.74) is 1.74. The van der Waals surface area contributed by atoms with Crippen LogP contribution < -0.4 is 9.64 Å². The molecular formula is C17H12N4O3S. The van der Waals surface area contributed by atoms with Crippen LogP contribution in [0.1, 0.15) is 0 Å². The van der Waals surface area contributed by atoms with Crippen molar-refractivity contribution in [2.45, 2.75) is 0 Å². The van der Waals surface area contributed by atoms with Gasteiger partial charge in [0.15, 0.2) is 5.75 Å². The van der Waals surface area contributed by atoms with Gasteiger partial charge in [-0.05, 0) is 18.2 Å². The molecule has 25 heavy (non-hydrogen) atoms. The second-order valence-corrected chi connectivity index (χ2v) is 6.33. The van der Waals surface area contributed by atoms with E-state index in [9.17, 15) is 10.1 Å². The zero-order valence-corrected chi connectivity index (χ0v) is 13.9. The van der Waals surface area contributed by atoms with Crippen molar-refractivity contribution in [2.75, 3.05) is 11.9 Å². The molecule has 0 amide bonds. The van der Waals surface area contributed by atoms with Crippen molar-refractivity contribution in [3.8, 4) is 5.75 Å². The number of para-hydroxylation sites is 2. The number of non-ortho nitro benzene ring substituents is 1. The van der Waals surface area contributed by atoms with Crippen molar-refractivity contribution in [3.05, 3.63) is 64.5 Å². The van der Waals surface area contributed by atoms with Crippen molar-refractivity contribution in [1.82, 2.24) is 4.98 Å². The summed E-state index contributed by atoms with van der Waals surface area (Å²) in [6.07, 6.45) is 3.37. The normalized spacial score (nSPS) is 15.1. The first kappa shape index (κ1) is 15.3. The first-order valence-electron chi connectivity index (χ1n) is 7.42. The second kappa shape index (κ2) is 5.99. The van der Waals surface area contributed by atoms with E-state index in [0.717, 1.165) is 16.1 Å². The zero-order valence-electron chi connectivity index (χ0n) is 13.1. The van der Waals surface area contributed by atoms with Crippen molar-refractivity contribution < 1.29 is 9.66 Å². The smallest absolute Gasteiger partial charge is 0.270 e. The van der Waals surface area contributed by atoms with Crippen LogP contribution in [0.2, 0.25) is 0 Å². The Bertz CT molecular complexity index is 1040. The lowest BCUT2D eigenvalue weighted by molar-refractivity contribution is -0.384. The van der Waals surface area contributed by atoms with Crippen LogP contribution in [0.4, 0.5) is 16.5 Å². The van der Waals surface area contributed by atoms with Crippen molar-refractivity contribution in [1.29, 1.82) is 0 Å². The Labute approximate surface area is 146 Å². The number of rotatable bonds is 3. The highest BCUT2D eigenvalue weighted by atomic mass is 32.1. The Morgan fingerprint density at radius 2 is 2.16 bits per heavy atom. The molecule has 7 nitrogen and oxygen atoms in total. The number of hydrogen-bond acceptors (Lipinski definition) is 7. The molecule has 0 atom stereocenters. The first-order valence-corrected chi connectivity index (χ1v) is 8.23. The average Bonchev–Trinajstić information content (AvgIpc) is 3.15. The highest BCUT2D eigenvalue weighted by Gasteiger charge is 2.21. The molecule has 0 spiro atoms. The Morgan fingerprint density at radius 3 is 2.96 bits per heavy atom. The lowest BCUT2D eigenvalue weighted by Gasteiger charge is -2.09. The molecule has 0 aliphatic carbocycles. The molecule has 0 unspecified atom stereocenters. The van der Waals surface area contributed by atoms with Gasteiger partial charge in [0.05, 0.1) is 20.8 Å². The van der Waals surface area contributed by atoms with Gasteiger partial charge < -0.3 is 9.64 Å². The van der Waals surface area contributed by atoms with E-state index in [4.69, 9.17) is 4.74 Å². The van der Waals surface area contributed by atoms with Gasteiger partial charge in [0, 0.05) is 31.5 Å². The van der Waals surface area contributed by atoms with Crippen LogP contribution in [0.15, 0.2) is 59.4 Å². The van der Waals surface area contributed by atoms with E-state index in [1.165, 1.54) is 23.5 Å². The number of fused-ring (bicyclic) bond motifs is 2. The molecule has 2 aromatic carbocycles. The fourth-order valence-electron chi connectivity index (χ4n) is 2.50. The van der Waals surface area contributed by atoms with E-state index < -0.39 is 4.92 Å². The predicted octanol–water partition coefficient (Wildman–Crippen LogP) is 4.28. The molecule has 2 heterocycles. The average molecular weight is 352 g/mol. The van der Waals surface area contributed by atoms with Crippen molar-refractivity contribution in [3.63, 3.8) is 0 Å². The maximum atomic E-state index is 10.8. The van der Waals surface area contributed by atoms with Gasteiger partial charge in [-0.3, -0.25) is 10.1 Å². The van der Waals surface area contributed by atoms with Gasteiger partial charge >= 0.3 is 0 Å². The van der Waals surface area contributed by atoms with E-state index in [1.807, 2.05) is 36.2 Å². The standard InChI is InChI=1S/C17H12N4O3S/c1-20-13-4-2-3-5-14(13)24-16(20)8-9-18-17-19-12-7-6-11(21(22)23)10-15(12)25-17/h2-10H,1H3. The second-order valence-electron chi connectivity index (χ2n) is 5.32. The maximum absolute atomic E-state index is 10.8. The highest BCUT2D eigenvalue weighted by Crippen LogP contribution is 2.37. The largest absolute Gasteiger partial charge is 0.439 e. The minimum Gasteiger partial charge on any atom is -0.439 e. The summed E-state index contributed by atoms with van der Waals surface area (Å²) >= 11 is 1.30. The number of nitro groups is 1. The number of thiazole rings is 1. The van der Waals surface area contributed by atoms with Crippen LogP contribution in [0.3, 0.4) is 0 Å². The molecule has 0 bridgehead atoms. The van der Waals surface area contributed by atoms with Gasteiger partial charge in [-0.15, -0.1) is 0 Å². The summed E-state index contributed by atoms with van der Waals surface area (Å²) < 4.78 is 6.49. The van der Waals surface area contributed by atoms with Crippen molar-refractivity contribution in [2.24, 2.45) is 4.99 Å². The maximum Gasteiger partial charge on any atom is 0.270 e. The number of nitrogens with zero attached hydrogens (tertiary/aromatic N) is 4. The SMILES string of the molecule is CN1C(=CC=Nc2nc3ccc([N+](=O)[O-])cc3s2)Oc2ccccc21. The van der Waals surface area contributed by atoms with Gasteiger partial charge in [0.1, 0.15) is 0 Å². The van der Waals surface area contributed by atoms with Crippen LogP contribution >= 0.6 is 11.3 Å². The van der Waals surface area contributed by atoms with Gasteiger partial charge in [-0.25, -0.2) is 9.98 Å². The van der Waals surface area contributed by atoms with E-state index >= 15 is 0 Å². The van der Waals surface area contributed by atoms with Gasteiger partial charge in [-0.2, -0.15) is 0 Å². The number of aliphatic imine (C=N–C) groups is 1. The van der Waals surface area contributed by atoms with Crippen LogP contribution in [0.5, 0.6) is 5.75 Å². The zero-order chi connectivity index (χ0) is 17.4. The monoisotopic (exact) mass is 352 g/mol. The molecule has 0 radical (unpaired) electrons. The third-order valence-electron chi connectivity index (χ3n) is 3.75. The first-order chi connectivity index (χ1) is 12.1. The van der Waals surface area contributed by atoms with E-state index in [1.54, 1.807) is 18.4 Å². The number of allylic oxidation sites excluding steroid dienone is 1. The Morgan fingerprint density at radius 1 is 1.32 bits per heavy atom. The predicted molar refractivity (Wildman–Crippen MR) is 98.0 cm³/mol. The van der Waals surface area contributed by atoms with Gasteiger partial charge in [0.2, 0.25) is 11.0 Å². The summed E-state index contributed by atoms with van der Waals surface area (Å²) in [7, 11) is 1.92. The van der Waals surface area contributed by atoms with Crippen LogP contribution in [-0.4, -0.2) is 23.2 Å². The number of hydrogen-bond donors (Lipinski definition) is 0. The van der Waals surface area contributed by atoms with Crippen molar-refractivity contribution >= 4 is 44.3 Å². The molecule has 0 saturated carbocycles. The van der Waals surface area contributed by atoms with Gasteiger partial charge in [0.25, 0.3) is 5.69 Å². The summed E-state index contributed by atoms with van der Waals surface area (Å²) in [5, 5.41) is 11.4. The lowest BCUT2D eigenvalue weighted by Crippen LogP contribution is -2.13. The fraction of sp³-hybridized carbons (Fsp3) is 0.0588. The Kier molecular flexibility index (Phi) is 3.66. The van der Waals surface area contributed by atoms with E-state index in [2.05, 4.69) is 9.98 Å².